The van der Waals surface area contributed by atoms with E-state index in [-0.39, 0.29) is 5.82 Å². The fraction of sp³-hybridized carbons (Fsp3) is 0.391. The van der Waals surface area contributed by atoms with Crippen LogP contribution in [0.1, 0.15) is 47.6 Å². The van der Waals surface area contributed by atoms with Crippen molar-refractivity contribution in [1.29, 1.82) is 0 Å². The third-order valence-corrected chi connectivity index (χ3v) is 5.85. The summed E-state index contributed by atoms with van der Waals surface area (Å²) in [4.78, 5) is 50.0. The van der Waals surface area contributed by atoms with Crippen LogP contribution >= 0.6 is 0 Å². The van der Waals surface area contributed by atoms with Gasteiger partial charge >= 0.3 is 12.0 Å². The molecule has 1 aromatic carbocycles. The fourth-order valence-electron chi connectivity index (χ4n) is 3.69. The van der Waals surface area contributed by atoms with Crippen LogP contribution in [0.2, 0.25) is 0 Å². The Hall–Kier alpha value is -3.49. The van der Waals surface area contributed by atoms with Gasteiger partial charge in [0, 0.05) is 22.6 Å². The number of carbonyl (C=O) groups is 4. The maximum atomic E-state index is 14.0. The van der Waals surface area contributed by atoms with Crippen LogP contribution in [0.5, 0.6) is 0 Å². The van der Waals surface area contributed by atoms with E-state index >= 15 is 0 Å². The lowest BCUT2D eigenvalue weighted by molar-refractivity contribution is -0.146. The van der Waals surface area contributed by atoms with E-state index in [0.29, 0.717) is 28.9 Å². The van der Waals surface area contributed by atoms with Crippen molar-refractivity contribution in [3.8, 4) is 5.69 Å². The molecule has 170 valence electrons. The zero-order chi connectivity index (χ0) is 23.8. The number of hydrogen-bond donors (Lipinski definition) is 1. The Kier molecular flexibility index (Phi) is 6.20. The Balaban J connectivity index is 1.68. The first-order chi connectivity index (χ1) is 15.0. The van der Waals surface area contributed by atoms with E-state index in [9.17, 15) is 23.6 Å². The van der Waals surface area contributed by atoms with E-state index in [1.54, 1.807) is 57.4 Å². The van der Waals surface area contributed by atoms with E-state index in [2.05, 4.69) is 5.32 Å². The maximum absolute atomic E-state index is 14.0. The van der Waals surface area contributed by atoms with E-state index in [4.69, 9.17) is 4.74 Å². The van der Waals surface area contributed by atoms with Crippen LogP contribution in [0.25, 0.3) is 5.69 Å². The van der Waals surface area contributed by atoms with Crippen molar-refractivity contribution in [2.24, 2.45) is 0 Å². The Morgan fingerprint density at radius 3 is 2.44 bits per heavy atom. The third-order valence-electron chi connectivity index (χ3n) is 5.85. The molecule has 1 aliphatic rings. The molecule has 2 aromatic rings. The van der Waals surface area contributed by atoms with Crippen LogP contribution in [0, 0.1) is 26.6 Å². The van der Waals surface area contributed by atoms with Gasteiger partial charge in [0.25, 0.3) is 5.91 Å². The van der Waals surface area contributed by atoms with Crippen LogP contribution in [-0.4, -0.2) is 51.8 Å². The van der Waals surface area contributed by atoms with Crippen molar-refractivity contribution < 1.29 is 28.3 Å². The third kappa shape index (κ3) is 4.15. The molecule has 0 radical (unpaired) electrons. The van der Waals surface area contributed by atoms with Gasteiger partial charge in [-0.25, -0.2) is 9.18 Å². The number of aromatic nitrogens is 1. The van der Waals surface area contributed by atoms with Crippen molar-refractivity contribution in [2.75, 3.05) is 13.2 Å². The first-order valence-corrected chi connectivity index (χ1v) is 10.3. The predicted molar refractivity (Wildman–Crippen MR) is 114 cm³/mol. The summed E-state index contributed by atoms with van der Waals surface area (Å²) in [6, 6.07) is 5.79. The molecular weight excluding hydrogens is 417 g/mol. The Morgan fingerprint density at radius 2 is 1.84 bits per heavy atom. The lowest BCUT2D eigenvalue weighted by atomic mass is 9.99. The number of hydrogen-bond acceptors (Lipinski definition) is 5. The quantitative estimate of drug-likeness (QED) is 0.403. The lowest BCUT2D eigenvalue weighted by Gasteiger charge is -2.18. The second-order valence-electron chi connectivity index (χ2n) is 8.14. The van der Waals surface area contributed by atoms with E-state index in [1.807, 2.05) is 0 Å². The molecule has 32 heavy (non-hydrogen) atoms. The number of aryl methyl sites for hydroxylation is 2. The van der Waals surface area contributed by atoms with Crippen molar-refractivity contribution in [1.82, 2.24) is 14.8 Å². The molecule has 0 spiro atoms. The summed E-state index contributed by atoms with van der Waals surface area (Å²) in [6.45, 7) is 7.39. The zero-order valence-electron chi connectivity index (χ0n) is 18.7. The maximum Gasteiger partial charge on any atom is 0.326 e. The summed E-state index contributed by atoms with van der Waals surface area (Å²) >= 11 is 0. The molecular formula is C23H26FN3O5. The fourth-order valence-corrected chi connectivity index (χ4v) is 3.69. The summed E-state index contributed by atoms with van der Waals surface area (Å²) < 4.78 is 20.8. The smallest absolute Gasteiger partial charge is 0.326 e. The van der Waals surface area contributed by atoms with Gasteiger partial charge in [0.05, 0.1) is 0 Å². The monoisotopic (exact) mass is 443 g/mol. The van der Waals surface area contributed by atoms with Gasteiger partial charge in [-0.3, -0.25) is 19.3 Å². The minimum Gasteiger partial charge on any atom is -0.456 e. The van der Waals surface area contributed by atoms with Gasteiger partial charge in [0.1, 0.15) is 17.9 Å². The number of rotatable bonds is 7. The van der Waals surface area contributed by atoms with Crippen LogP contribution in [-0.2, 0) is 14.3 Å². The Bertz CT molecular complexity index is 1120. The van der Waals surface area contributed by atoms with Gasteiger partial charge in [-0.1, -0.05) is 13.0 Å². The van der Waals surface area contributed by atoms with E-state index < -0.39 is 42.4 Å². The standard InChI is InChI=1S/C23H26FN3O5/c1-6-23(5)21(30)26(22(31)25-23)11-20(29)32-12-19(28)17-9-14(3)27(15(17)4)16-8-7-13(2)18(24)10-16/h7-10H,6,11-12H2,1-5H3,(H,25,31)/t23-/m0/s1. The average Bonchev–Trinajstić information content (AvgIpc) is 3.16. The summed E-state index contributed by atoms with van der Waals surface area (Å²) in [5.74, 6) is -2.17. The number of imide groups is 1. The zero-order valence-corrected chi connectivity index (χ0v) is 18.7. The SMILES string of the molecule is CC[C@]1(C)NC(=O)N(CC(=O)OCC(=O)c2cc(C)n(-c3ccc(C)c(F)c3)c2C)C1=O. The highest BCUT2D eigenvalue weighted by atomic mass is 19.1. The minimum absolute atomic E-state index is 0.338. The molecule has 3 rings (SSSR count). The van der Waals surface area contributed by atoms with Crippen molar-refractivity contribution >= 4 is 23.7 Å². The van der Waals surface area contributed by atoms with Crippen LogP contribution < -0.4 is 5.32 Å². The number of Topliss-reactive ketones (excluding diaryl/α,β-unsaturated/α-hetero) is 1. The first kappa shape index (κ1) is 23.2. The number of halogens is 1. The van der Waals surface area contributed by atoms with Crippen LogP contribution in [0.4, 0.5) is 9.18 Å². The highest BCUT2D eigenvalue weighted by Crippen LogP contribution is 2.23. The second-order valence-corrected chi connectivity index (χ2v) is 8.14. The van der Waals surface area contributed by atoms with Gasteiger partial charge < -0.3 is 14.6 Å². The summed E-state index contributed by atoms with van der Waals surface area (Å²) in [6.07, 6.45) is 0.377. The highest BCUT2D eigenvalue weighted by molar-refractivity contribution is 6.08. The molecule has 1 aromatic heterocycles. The Labute approximate surface area is 185 Å². The number of carbonyl (C=O) groups excluding carboxylic acids is 4. The Morgan fingerprint density at radius 1 is 1.16 bits per heavy atom. The average molecular weight is 443 g/mol. The largest absolute Gasteiger partial charge is 0.456 e. The molecule has 9 heteroatoms. The van der Waals surface area contributed by atoms with E-state index in [0.717, 1.165) is 10.6 Å². The van der Waals surface area contributed by atoms with Gasteiger partial charge in [0.15, 0.2) is 6.61 Å². The topological polar surface area (TPSA) is 97.7 Å². The van der Waals surface area contributed by atoms with Crippen LogP contribution in [0.15, 0.2) is 24.3 Å². The minimum atomic E-state index is -1.06. The number of urea groups is 1. The normalized spacial score (nSPS) is 18.1. The van der Waals surface area contributed by atoms with Gasteiger partial charge in [-0.15, -0.1) is 0 Å². The van der Waals surface area contributed by atoms with Gasteiger partial charge in [0.2, 0.25) is 5.78 Å². The molecule has 1 N–H and O–H groups in total. The molecule has 8 nitrogen and oxygen atoms in total. The molecule has 1 atom stereocenters. The van der Waals surface area contributed by atoms with Gasteiger partial charge in [-0.2, -0.15) is 0 Å². The molecule has 1 saturated heterocycles. The highest BCUT2D eigenvalue weighted by Gasteiger charge is 2.47. The van der Waals surface area contributed by atoms with Crippen LogP contribution in [0.3, 0.4) is 0 Å². The van der Waals surface area contributed by atoms with Crippen molar-refractivity contribution in [2.45, 2.75) is 46.6 Å². The number of nitrogens with one attached hydrogen (secondary N) is 1. The summed E-state index contributed by atoms with van der Waals surface area (Å²) in [5, 5.41) is 2.55. The molecule has 2 heterocycles. The van der Waals surface area contributed by atoms with Crippen molar-refractivity contribution in [3.63, 3.8) is 0 Å². The van der Waals surface area contributed by atoms with Crippen molar-refractivity contribution in [3.05, 3.63) is 52.6 Å². The molecule has 0 saturated carbocycles. The molecule has 1 aliphatic heterocycles. The summed E-state index contributed by atoms with van der Waals surface area (Å²) in [5.41, 5.74) is 1.68. The second kappa shape index (κ2) is 8.57. The molecule has 3 amide bonds. The number of esters is 1. The first-order valence-electron chi connectivity index (χ1n) is 10.3. The molecule has 1 fully saturated rings. The van der Waals surface area contributed by atoms with Gasteiger partial charge in [-0.05, 0) is 57.9 Å². The predicted octanol–water partition coefficient (Wildman–Crippen LogP) is 2.99. The molecule has 0 aliphatic carbocycles. The number of nitrogens with zero attached hydrogens (tertiary/aromatic N) is 2. The number of amides is 3. The summed E-state index contributed by atoms with van der Waals surface area (Å²) in [7, 11) is 0. The van der Waals surface area contributed by atoms with E-state index in [1.165, 1.54) is 6.07 Å². The molecule has 0 bridgehead atoms. The number of ether oxygens (including phenoxy) is 1. The number of ketones is 1. The lowest BCUT2D eigenvalue weighted by Crippen LogP contribution is -2.43. The molecule has 0 unspecified atom stereocenters. The number of benzene rings is 1.